The van der Waals surface area contributed by atoms with Gasteiger partial charge in [0.25, 0.3) is 5.56 Å². The maximum atomic E-state index is 12.6. The highest BCUT2D eigenvalue weighted by Crippen LogP contribution is 2.29. The third kappa shape index (κ3) is 4.79. The lowest BCUT2D eigenvalue weighted by molar-refractivity contribution is -0.121. The van der Waals surface area contributed by atoms with Crippen molar-refractivity contribution in [3.63, 3.8) is 0 Å². The largest absolute Gasteiger partial charge is 0.354 e. The number of thiophene rings is 1. The second kappa shape index (κ2) is 9.53. The number of para-hydroxylation sites is 1. The number of aryl methyl sites for hydroxylation is 1. The number of carbonyl (C=O) groups is 1. The standard InChI is InChI=1S/C23H28N4O2S/c1-17-8-11-26(12-9-17)20(21-7-4-14-30-21)15-24-22(28)10-13-27-16-25-19-6-3-2-5-18(19)23(27)29/h2-7,14,16-17,20H,8-13,15H2,1H3,(H,24,28)/t20-/m0/s1. The Labute approximate surface area is 180 Å². The van der Waals surface area contributed by atoms with Crippen LogP contribution in [0.4, 0.5) is 0 Å². The molecular formula is C23H28N4O2S. The molecule has 1 aliphatic rings. The monoisotopic (exact) mass is 424 g/mol. The van der Waals surface area contributed by atoms with Crippen molar-refractivity contribution in [3.8, 4) is 0 Å². The van der Waals surface area contributed by atoms with Crippen LogP contribution in [-0.4, -0.2) is 40.0 Å². The molecule has 3 heterocycles. The van der Waals surface area contributed by atoms with E-state index in [0.717, 1.165) is 19.0 Å². The summed E-state index contributed by atoms with van der Waals surface area (Å²) in [4.78, 5) is 33.2. The molecule has 0 spiro atoms. The second-order valence-corrected chi connectivity index (χ2v) is 9.04. The summed E-state index contributed by atoms with van der Waals surface area (Å²) in [6.07, 6.45) is 4.19. The van der Waals surface area contributed by atoms with Gasteiger partial charge in [-0.15, -0.1) is 11.3 Å². The quantitative estimate of drug-likeness (QED) is 0.631. The Hall–Kier alpha value is -2.51. The number of amides is 1. The van der Waals surface area contributed by atoms with Gasteiger partial charge in [-0.05, 0) is 55.4 Å². The Kier molecular flexibility index (Phi) is 6.59. The molecule has 2 aromatic heterocycles. The summed E-state index contributed by atoms with van der Waals surface area (Å²) in [7, 11) is 0. The minimum absolute atomic E-state index is 0.0398. The van der Waals surface area contributed by atoms with Crippen LogP contribution < -0.4 is 10.9 Å². The zero-order chi connectivity index (χ0) is 20.9. The fourth-order valence-electron chi connectivity index (χ4n) is 4.02. The number of nitrogens with zero attached hydrogens (tertiary/aromatic N) is 3. The molecule has 4 rings (SSSR count). The second-order valence-electron chi connectivity index (χ2n) is 8.06. The molecule has 1 aliphatic heterocycles. The SMILES string of the molecule is CC1CCN([C@@H](CNC(=O)CCn2cnc3ccccc3c2=O)c2cccs2)CC1. The van der Waals surface area contributed by atoms with E-state index >= 15 is 0 Å². The first-order valence-electron chi connectivity index (χ1n) is 10.6. The van der Waals surface area contributed by atoms with Gasteiger partial charge in [-0.1, -0.05) is 25.1 Å². The molecule has 1 amide bonds. The molecule has 1 atom stereocenters. The van der Waals surface area contributed by atoms with E-state index in [2.05, 4.69) is 39.6 Å². The van der Waals surface area contributed by atoms with Crippen molar-refractivity contribution in [2.45, 2.75) is 38.8 Å². The molecule has 1 fully saturated rings. The Morgan fingerprint density at radius 1 is 1.23 bits per heavy atom. The minimum atomic E-state index is -0.104. The van der Waals surface area contributed by atoms with Gasteiger partial charge in [-0.3, -0.25) is 19.1 Å². The number of aromatic nitrogens is 2. The van der Waals surface area contributed by atoms with Crippen LogP contribution in [0.15, 0.2) is 52.9 Å². The zero-order valence-electron chi connectivity index (χ0n) is 17.3. The molecule has 6 nitrogen and oxygen atoms in total. The molecule has 0 aliphatic carbocycles. The van der Waals surface area contributed by atoms with Gasteiger partial charge in [0.05, 0.1) is 23.3 Å². The molecule has 1 N–H and O–H groups in total. The van der Waals surface area contributed by atoms with E-state index in [9.17, 15) is 9.59 Å². The molecule has 0 unspecified atom stereocenters. The van der Waals surface area contributed by atoms with Crippen molar-refractivity contribution in [2.75, 3.05) is 19.6 Å². The van der Waals surface area contributed by atoms with Gasteiger partial charge in [-0.25, -0.2) is 4.98 Å². The van der Waals surface area contributed by atoms with E-state index < -0.39 is 0 Å². The first-order chi connectivity index (χ1) is 14.6. The maximum Gasteiger partial charge on any atom is 0.261 e. The Bertz CT molecular complexity index is 1040. The van der Waals surface area contributed by atoms with Crippen LogP contribution >= 0.6 is 11.3 Å². The molecular weight excluding hydrogens is 396 g/mol. The predicted molar refractivity (Wildman–Crippen MR) is 121 cm³/mol. The Morgan fingerprint density at radius 3 is 2.80 bits per heavy atom. The van der Waals surface area contributed by atoms with Gasteiger partial charge in [0.15, 0.2) is 0 Å². The number of benzene rings is 1. The fourth-order valence-corrected chi connectivity index (χ4v) is 4.88. The number of fused-ring (bicyclic) bond motifs is 1. The molecule has 0 saturated carbocycles. The van der Waals surface area contributed by atoms with E-state index in [-0.39, 0.29) is 23.9 Å². The van der Waals surface area contributed by atoms with E-state index in [4.69, 9.17) is 0 Å². The normalized spacial score (nSPS) is 16.6. The van der Waals surface area contributed by atoms with Gasteiger partial charge >= 0.3 is 0 Å². The zero-order valence-corrected chi connectivity index (χ0v) is 18.1. The minimum Gasteiger partial charge on any atom is -0.354 e. The summed E-state index contributed by atoms with van der Waals surface area (Å²) in [5.41, 5.74) is 0.574. The van der Waals surface area contributed by atoms with Crippen LogP contribution in [0.2, 0.25) is 0 Å². The van der Waals surface area contributed by atoms with E-state index in [1.165, 1.54) is 28.6 Å². The highest BCUT2D eigenvalue weighted by atomic mass is 32.1. The van der Waals surface area contributed by atoms with Crippen LogP contribution in [0.3, 0.4) is 0 Å². The molecule has 0 radical (unpaired) electrons. The molecule has 1 aromatic carbocycles. The molecule has 158 valence electrons. The molecule has 3 aromatic rings. The topological polar surface area (TPSA) is 67.2 Å². The summed E-state index contributed by atoms with van der Waals surface area (Å²) >= 11 is 1.74. The van der Waals surface area contributed by atoms with E-state index in [0.29, 0.717) is 24.0 Å². The first kappa shape index (κ1) is 20.8. The Balaban J connectivity index is 1.36. The van der Waals surface area contributed by atoms with Gasteiger partial charge in [0.1, 0.15) is 0 Å². The van der Waals surface area contributed by atoms with Crippen LogP contribution in [0.25, 0.3) is 10.9 Å². The summed E-state index contributed by atoms with van der Waals surface area (Å²) in [6, 6.07) is 11.7. The first-order valence-corrected chi connectivity index (χ1v) is 11.5. The van der Waals surface area contributed by atoms with E-state index in [1.54, 1.807) is 17.4 Å². The summed E-state index contributed by atoms with van der Waals surface area (Å²) in [5.74, 6) is 0.732. The average molecular weight is 425 g/mol. The third-order valence-corrected chi connectivity index (χ3v) is 6.91. The lowest BCUT2D eigenvalue weighted by Gasteiger charge is -2.36. The summed E-state index contributed by atoms with van der Waals surface area (Å²) in [5, 5.41) is 5.77. The number of piperidine rings is 1. The molecule has 30 heavy (non-hydrogen) atoms. The van der Waals surface area contributed by atoms with Gasteiger partial charge in [-0.2, -0.15) is 0 Å². The number of nitrogens with one attached hydrogen (secondary N) is 1. The van der Waals surface area contributed by atoms with Crippen LogP contribution in [0, 0.1) is 5.92 Å². The van der Waals surface area contributed by atoms with Gasteiger partial charge in [0, 0.05) is 24.4 Å². The number of rotatable bonds is 7. The fraction of sp³-hybridized carbons (Fsp3) is 0.435. The lowest BCUT2D eigenvalue weighted by Crippen LogP contribution is -2.41. The summed E-state index contributed by atoms with van der Waals surface area (Å²) < 4.78 is 1.52. The van der Waals surface area contributed by atoms with Crippen molar-refractivity contribution >= 4 is 28.1 Å². The van der Waals surface area contributed by atoms with Crippen molar-refractivity contribution in [3.05, 3.63) is 63.3 Å². The molecule has 0 bridgehead atoms. The molecule has 7 heteroatoms. The van der Waals surface area contributed by atoms with Gasteiger partial charge < -0.3 is 5.32 Å². The maximum absolute atomic E-state index is 12.6. The van der Waals surface area contributed by atoms with Crippen molar-refractivity contribution < 1.29 is 4.79 Å². The van der Waals surface area contributed by atoms with Crippen LogP contribution in [-0.2, 0) is 11.3 Å². The average Bonchev–Trinajstić information content (AvgIpc) is 3.29. The smallest absolute Gasteiger partial charge is 0.261 e. The van der Waals surface area contributed by atoms with Crippen LogP contribution in [0.1, 0.15) is 37.1 Å². The highest BCUT2D eigenvalue weighted by Gasteiger charge is 2.25. The predicted octanol–water partition coefficient (Wildman–Crippen LogP) is 3.44. The van der Waals surface area contributed by atoms with Gasteiger partial charge in [0.2, 0.25) is 5.91 Å². The Morgan fingerprint density at radius 2 is 2.03 bits per heavy atom. The van der Waals surface area contributed by atoms with Crippen molar-refractivity contribution in [1.82, 2.24) is 19.8 Å². The number of hydrogen-bond donors (Lipinski definition) is 1. The summed E-state index contributed by atoms with van der Waals surface area (Å²) in [6.45, 7) is 5.37. The van der Waals surface area contributed by atoms with Crippen molar-refractivity contribution in [1.29, 1.82) is 0 Å². The molecule has 1 saturated heterocycles. The van der Waals surface area contributed by atoms with Crippen LogP contribution in [0.5, 0.6) is 0 Å². The van der Waals surface area contributed by atoms with E-state index in [1.807, 2.05) is 18.2 Å². The number of carbonyl (C=O) groups excluding carboxylic acids is 1. The number of hydrogen-bond acceptors (Lipinski definition) is 5. The lowest BCUT2D eigenvalue weighted by atomic mass is 9.97. The highest BCUT2D eigenvalue weighted by molar-refractivity contribution is 7.10. The third-order valence-electron chi connectivity index (χ3n) is 5.93. The number of likely N-dealkylation sites (tertiary alicyclic amines) is 1. The van der Waals surface area contributed by atoms with Crippen molar-refractivity contribution in [2.24, 2.45) is 5.92 Å².